The van der Waals surface area contributed by atoms with Gasteiger partial charge in [-0.1, -0.05) is 19.9 Å². The van der Waals surface area contributed by atoms with Gasteiger partial charge in [0.15, 0.2) is 11.5 Å². The van der Waals surface area contributed by atoms with Crippen LogP contribution in [0.4, 0.5) is 0 Å². The van der Waals surface area contributed by atoms with Crippen molar-refractivity contribution in [1.29, 1.82) is 0 Å². The lowest BCUT2D eigenvalue weighted by molar-refractivity contribution is -0.124. The summed E-state index contributed by atoms with van der Waals surface area (Å²) < 4.78 is 16.3. The zero-order valence-corrected chi connectivity index (χ0v) is 16.5. The largest absolute Gasteiger partial charge is 0.493 e. The van der Waals surface area contributed by atoms with E-state index in [4.69, 9.17) is 19.9 Å². The third kappa shape index (κ3) is 7.94. The maximum atomic E-state index is 12.1. The number of benzene rings is 1. The molecule has 1 amide bonds. The minimum atomic E-state index is -0.265. The van der Waals surface area contributed by atoms with Crippen molar-refractivity contribution >= 4 is 18.3 Å². The Morgan fingerprint density at radius 3 is 2.40 bits per heavy atom. The number of nitrogens with one attached hydrogen (secondary N) is 1. The van der Waals surface area contributed by atoms with Crippen LogP contribution in [0.3, 0.4) is 0 Å². The molecule has 0 bridgehead atoms. The Bertz CT molecular complexity index is 522. The van der Waals surface area contributed by atoms with Crippen molar-refractivity contribution in [1.82, 2.24) is 5.32 Å². The number of carbonyl (C=O) groups is 1. The van der Waals surface area contributed by atoms with Gasteiger partial charge in [0.25, 0.3) is 0 Å². The molecule has 0 fully saturated rings. The summed E-state index contributed by atoms with van der Waals surface area (Å²) in [6.07, 6.45) is -0.0251. The van der Waals surface area contributed by atoms with Crippen LogP contribution in [0.25, 0.3) is 0 Å². The monoisotopic (exact) mass is 374 g/mol. The number of nitrogens with two attached hydrogens (primary N) is 1. The molecular weight excluding hydrogens is 344 g/mol. The first kappa shape index (κ1) is 23.5. The van der Waals surface area contributed by atoms with Crippen LogP contribution in [-0.2, 0) is 9.53 Å². The van der Waals surface area contributed by atoms with E-state index in [0.717, 1.165) is 5.56 Å². The molecule has 0 spiro atoms. The van der Waals surface area contributed by atoms with Crippen LogP contribution in [0.2, 0.25) is 0 Å². The van der Waals surface area contributed by atoms with Crippen molar-refractivity contribution in [3.05, 3.63) is 23.8 Å². The van der Waals surface area contributed by atoms with Crippen LogP contribution in [0.5, 0.6) is 11.5 Å². The second-order valence-electron chi connectivity index (χ2n) is 6.20. The number of hydrogen-bond acceptors (Lipinski definition) is 5. The molecular formula is C18H31ClN2O4. The molecule has 3 N–H and O–H groups in total. The summed E-state index contributed by atoms with van der Waals surface area (Å²) in [5.74, 6) is 1.70. The Morgan fingerprint density at radius 2 is 1.88 bits per heavy atom. The molecule has 0 radical (unpaired) electrons. The van der Waals surface area contributed by atoms with Crippen LogP contribution >= 0.6 is 12.4 Å². The molecule has 2 atom stereocenters. The van der Waals surface area contributed by atoms with Crippen LogP contribution in [0.1, 0.15) is 38.8 Å². The van der Waals surface area contributed by atoms with Gasteiger partial charge in [0.2, 0.25) is 5.91 Å². The smallest absolute Gasteiger partial charge is 0.223 e. The fourth-order valence-electron chi connectivity index (χ4n) is 2.18. The normalized spacial score (nSPS) is 12.9. The first-order valence-corrected chi connectivity index (χ1v) is 8.24. The fourth-order valence-corrected chi connectivity index (χ4v) is 2.18. The molecule has 6 nitrogen and oxygen atoms in total. The summed E-state index contributed by atoms with van der Waals surface area (Å²) in [5, 5.41) is 2.95. The molecule has 1 rings (SSSR count). The van der Waals surface area contributed by atoms with E-state index in [2.05, 4.69) is 19.2 Å². The first-order valence-electron chi connectivity index (χ1n) is 8.24. The second kappa shape index (κ2) is 12.0. The highest BCUT2D eigenvalue weighted by Gasteiger charge is 2.16. The Labute approximate surface area is 156 Å². The highest BCUT2D eigenvalue weighted by atomic mass is 35.5. The Hall–Kier alpha value is -1.50. The van der Waals surface area contributed by atoms with Crippen molar-refractivity contribution in [3.63, 3.8) is 0 Å². The minimum absolute atomic E-state index is 0. The Balaban J connectivity index is 0.00000576. The van der Waals surface area contributed by atoms with Crippen molar-refractivity contribution in [2.24, 2.45) is 11.7 Å². The fraction of sp³-hybridized carbons (Fsp3) is 0.611. The molecule has 0 aliphatic carbocycles. The van der Waals surface area contributed by atoms with Crippen LogP contribution in [0, 0.1) is 5.92 Å². The van der Waals surface area contributed by atoms with Gasteiger partial charge in [-0.2, -0.15) is 0 Å². The predicted octanol–water partition coefficient (Wildman–Crippen LogP) is 2.69. The SMILES string of the molecule is COc1cc(C(C)NC(=O)CC(CN)OC)ccc1OCC(C)C.Cl. The third-order valence-corrected chi connectivity index (χ3v) is 3.65. The first-order chi connectivity index (χ1) is 11.4. The van der Waals surface area contributed by atoms with E-state index in [0.29, 0.717) is 30.6 Å². The predicted molar refractivity (Wildman–Crippen MR) is 102 cm³/mol. The van der Waals surface area contributed by atoms with Crippen LogP contribution in [-0.4, -0.2) is 39.4 Å². The van der Waals surface area contributed by atoms with Gasteiger partial charge in [-0.15, -0.1) is 12.4 Å². The molecule has 144 valence electrons. The maximum Gasteiger partial charge on any atom is 0.223 e. The number of rotatable bonds is 10. The summed E-state index contributed by atoms with van der Waals surface area (Å²) >= 11 is 0. The molecule has 2 unspecified atom stereocenters. The van der Waals surface area contributed by atoms with Crippen molar-refractivity contribution < 1.29 is 19.0 Å². The Kier molecular flexibility index (Phi) is 11.2. The van der Waals surface area contributed by atoms with Crippen molar-refractivity contribution in [3.8, 4) is 11.5 Å². The number of hydrogen-bond donors (Lipinski definition) is 2. The van der Waals surface area contributed by atoms with E-state index in [1.807, 2.05) is 25.1 Å². The summed E-state index contributed by atoms with van der Waals surface area (Å²) in [5.41, 5.74) is 6.49. The summed E-state index contributed by atoms with van der Waals surface area (Å²) in [6.45, 7) is 7.04. The molecule has 7 heteroatoms. The third-order valence-electron chi connectivity index (χ3n) is 3.65. The zero-order chi connectivity index (χ0) is 18.1. The van der Waals surface area contributed by atoms with Crippen molar-refractivity contribution in [2.45, 2.75) is 39.3 Å². The average molecular weight is 375 g/mol. The Morgan fingerprint density at radius 1 is 1.20 bits per heavy atom. The highest BCUT2D eigenvalue weighted by molar-refractivity contribution is 5.85. The highest BCUT2D eigenvalue weighted by Crippen LogP contribution is 2.30. The molecule has 25 heavy (non-hydrogen) atoms. The molecule has 1 aromatic carbocycles. The summed E-state index contributed by atoms with van der Waals surface area (Å²) in [7, 11) is 3.16. The van der Waals surface area contributed by atoms with Gasteiger partial charge in [0.05, 0.1) is 32.3 Å². The van der Waals surface area contributed by atoms with Crippen molar-refractivity contribution in [2.75, 3.05) is 27.4 Å². The number of halogens is 1. The molecule has 0 saturated carbocycles. The lowest BCUT2D eigenvalue weighted by atomic mass is 10.1. The molecule has 0 aliphatic rings. The minimum Gasteiger partial charge on any atom is -0.493 e. The second-order valence-corrected chi connectivity index (χ2v) is 6.20. The quantitative estimate of drug-likeness (QED) is 0.658. The van der Waals surface area contributed by atoms with Gasteiger partial charge in [-0.3, -0.25) is 4.79 Å². The van der Waals surface area contributed by atoms with Crippen LogP contribution in [0.15, 0.2) is 18.2 Å². The standard InChI is InChI=1S/C18H30N2O4.ClH/c1-12(2)11-24-16-7-6-14(8-17(16)23-5)13(3)20-18(21)9-15(10-19)22-4;/h6-8,12-13,15H,9-11,19H2,1-5H3,(H,20,21);1H. The molecule has 0 heterocycles. The molecule has 0 aromatic heterocycles. The van der Waals surface area contributed by atoms with Gasteiger partial charge in [-0.05, 0) is 30.5 Å². The van der Waals surface area contributed by atoms with E-state index in [-0.39, 0.29) is 36.9 Å². The summed E-state index contributed by atoms with van der Waals surface area (Å²) in [4.78, 5) is 12.1. The van der Waals surface area contributed by atoms with E-state index >= 15 is 0 Å². The number of methoxy groups -OCH3 is 2. The molecule has 0 aliphatic heterocycles. The van der Waals surface area contributed by atoms with Crippen LogP contribution < -0.4 is 20.5 Å². The number of carbonyl (C=O) groups excluding carboxylic acids is 1. The number of ether oxygens (including phenoxy) is 3. The average Bonchev–Trinajstić information content (AvgIpc) is 2.57. The van der Waals surface area contributed by atoms with E-state index in [1.165, 1.54) is 0 Å². The van der Waals surface area contributed by atoms with E-state index < -0.39 is 0 Å². The molecule has 1 aromatic rings. The van der Waals surface area contributed by atoms with Gasteiger partial charge < -0.3 is 25.3 Å². The zero-order valence-electron chi connectivity index (χ0n) is 15.7. The van der Waals surface area contributed by atoms with E-state index in [1.54, 1.807) is 14.2 Å². The van der Waals surface area contributed by atoms with Gasteiger partial charge >= 0.3 is 0 Å². The lowest BCUT2D eigenvalue weighted by Gasteiger charge is -2.19. The maximum absolute atomic E-state index is 12.1. The summed E-state index contributed by atoms with van der Waals surface area (Å²) in [6, 6.07) is 5.54. The molecule has 0 saturated heterocycles. The lowest BCUT2D eigenvalue weighted by Crippen LogP contribution is -2.33. The topological polar surface area (TPSA) is 82.8 Å². The van der Waals surface area contributed by atoms with Gasteiger partial charge in [-0.25, -0.2) is 0 Å². The van der Waals surface area contributed by atoms with Gasteiger partial charge in [0, 0.05) is 13.7 Å². The van der Waals surface area contributed by atoms with Gasteiger partial charge in [0.1, 0.15) is 0 Å². The number of amides is 1. The van der Waals surface area contributed by atoms with E-state index in [9.17, 15) is 4.79 Å².